The maximum Gasteiger partial charge on any atom is 0.280 e. The van der Waals surface area contributed by atoms with Gasteiger partial charge in [0.15, 0.2) is 10.8 Å². The number of fused-ring (bicyclic) bond motifs is 1. The molecular weight excluding hydrogens is 452 g/mol. The average Bonchev–Trinajstić information content (AvgIpc) is 3.59. The summed E-state index contributed by atoms with van der Waals surface area (Å²) in [7, 11) is 0. The van der Waals surface area contributed by atoms with Gasteiger partial charge in [-0.3, -0.25) is 19.4 Å². The lowest BCUT2D eigenvalue weighted by atomic mass is 9.96. The number of Topliss-reactive ketones (excluding diaryl/α,β-unsaturated/α-hetero) is 1. The number of thiazole rings is 1. The summed E-state index contributed by atoms with van der Waals surface area (Å²) in [6.07, 6.45) is 8.29. The second kappa shape index (κ2) is 8.88. The number of amides is 2. The highest BCUT2D eigenvalue weighted by molar-refractivity contribution is 7.17. The van der Waals surface area contributed by atoms with Crippen molar-refractivity contribution in [1.29, 1.82) is 0 Å². The predicted molar refractivity (Wildman–Crippen MR) is 118 cm³/mol. The normalized spacial score (nSPS) is 26.3. The SMILES string of the molecule is O=C(NC(C(=O)N1CC(Cl)C2OCC(=O)C21)C1CCCC1)c1ncc(-c2cccnc2)s1. The van der Waals surface area contributed by atoms with Crippen LogP contribution in [-0.2, 0) is 14.3 Å². The van der Waals surface area contributed by atoms with Crippen LogP contribution in [0.25, 0.3) is 10.4 Å². The van der Waals surface area contributed by atoms with Crippen LogP contribution in [-0.4, -0.2) is 69.2 Å². The van der Waals surface area contributed by atoms with Gasteiger partial charge in [0.2, 0.25) is 5.91 Å². The molecule has 3 fully saturated rings. The van der Waals surface area contributed by atoms with E-state index in [0.717, 1.165) is 36.1 Å². The van der Waals surface area contributed by atoms with Gasteiger partial charge in [-0.2, -0.15) is 0 Å². The Hall–Kier alpha value is -2.36. The van der Waals surface area contributed by atoms with Crippen molar-refractivity contribution in [1.82, 2.24) is 20.2 Å². The van der Waals surface area contributed by atoms with E-state index < -0.39 is 23.6 Å². The van der Waals surface area contributed by atoms with Gasteiger partial charge < -0.3 is 15.0 Å². The monoisotopic (exact) mass is 474 g/mol. The molecule has 2 aromatic rings. The minimum atomic E-state index is -0.716. The number of nitrogens with one attached hydrogen (secondary N) is 1. The Bertz CT molecular complexity index is 1030. The molecule has 4 heterocycles. The molecule has 1 saturated carbocycles. The number of ether oxygens (including phenoxy) is 1. The summed E-state index contributed by atoms with van der Waals surface area (Å²) < 4.78 is 5.51. The molecular formula is C22H23ClN4O4S. The number of hydrogen-bond donors (Lipinski definition) is 1. The second-order valence-corrected chi connectivity index (χ2v) is 10.1. The smallest absolute Gasteiger partial charge is 0.280 e. The molecule has 5 rings (SSSR count). The number of halogens is 1. The molecule has 1 aliphatic carbocycles. The van der Waals surface area contributed by atoms with Crippen molar-refractivity contribution in [3.63, 3.8) is 0 Å². The van der Waals surface area contributed by atoms with Crippen LogP contribution in [0.5, 0.6) is 0 Å². The molecule has 2 saturated heterocycles. The number of alkyl halides is 1. The number of carbonyl (C=O) groups is 3. The van der Waals surface area contributed by atoms with E-state index >= 15 is 0 Å². The van der Waals surface area contributed by atoms with Gasteiger partial charge in [-0.1, -0.05) is 18.9 Å². The Morgan fingerprint density at radius 2 is 2.09 bits per heavy atom. The van der Waals surface area contributed by atoms with Crippen LogP contribution < -0.4 is 5.32 Å². The number of hydrogen-bond acceptors (Lipinski definition) is 7. The van der Waals surface area contributed by atoms with E-state index in [9.17, 15) is 14.4 Å². The van der Waals surface area contributed by atoms with Gasteiger partial charge in [0, 0.05) is 30.7 Å². The molecule has 1 N–H and O–H groups in total. The third kappa shape index (κ3) is 3.93. The van der Waals surface area contributed by atoms with Crippen molar-refractivity contribution in [2.75, 3.05) is 13.2 Å². The first-order valence-electron chi connectivity index (χ1n) is 10.8. The van der Waals surface area contributed by atoms with Gasteiger partial charge in [-0.05, 0) is 24.8 Å². The third-order valence-electron chi connectivity index (χ3n) is 6.48. The molecule has 2 amide bonds. The summed E-state index contributed by atoms with van der Waals surface area (Å²) in [5.74, 6) is -0.757. The topological polar surface area (TPSA) is 101 Å². The molecule has 0 aromatic carbocycles. The van der Waals surface area contributed by atoms with E-state index in [1.54, 1.807) is 18.6 Å². The number of nitrogens with zero attached hydrogens (tertiary/aromatic N) is 3. The second-order valence-electron chi connectivity index (χ2n) is 8.46. The van der Waals surface area contributed by atoms with E-state index in [-0.39, 0.29) is 41.7 Å². The van der Waals surface area contributed by atoms with Crippen molar-refractivity contribution < 1.29 is 19.1 Å². The van der Waals surface area contributed by atoms with Crippen molar-refractivity contribution in [3.8, 4) is 10.4 Å². The number of pyridine rings is 1. The van der Waals surface area contributed by atoms with Crippen LogP contribution in [0, 0.1) is 5.92 Å². The maximum absolute atomic E-state index is 13.6. The minimum absolute atomic E-state index is 0.0226. The van der Waals surface area contributed by atoms with E-state index in [1.807, 2.05) is 12.1 Å². The highest BCUT2D eigenvalue weighted by Gasteiger charge is 2.53. The molecule has 0 radical (unpaired) electrons. The van der Waals surface area contributed by atoms with Crippen molar-refractivity contribution >= 4 is 40.5 Å². The zero-order chi connectivity index (χ0) is 22.2. The van der Waals surface area contributed by atoms with Crippen molar-refractivity contribution in [2.24, 2.45) is 5.92 Å². The lowest BCUT2D eigenvalue weighted by Crippen LogP contribution is -2.54. The molecule has 4 unspecified atom stereocenters. The summed E-state index contributed by atoms with van der Waals surface area (Å²) in [5, 5.41) is 2.79. The lowest BCUT2D eigenvalue weighted by molar-refractivity contribution is -0.139. The van der Waals surface area contributed by atoms with Gasteiger partial charge >= 0.3 is 0 Å². The van der Waals surface area contributed by atoms with Gasteiger partial charge in [0.05, 0.1) is 10.3 Å². The molecule has 4 atom stereocenters. The van der Waals surface area contributed by atoms with E-state index in [1.165, 1.54) is 16.2 Å². The van der Waals surface area contributed by atoms with Gasteiger partial charge in [0.1, 0.15) is 24.8 Å². The standard InChI is InChI=1S/C22H23ClN4O4S/c23-14-10-27(18-15(28)11-31-19(14)18)22(30)17(12-4-1-2-5-12)26-20(29)21-25-9-16(32-21)13-6-3-7-24-8-13/h3,6-9,12,14,17-19H,1-2,4-5,10-11H2,(H,26,29). The van der Waals surface area contributed by atoms with E-state index in [4.69, 9.17) is 16.3 Å². The fourth-order valence-corrected chi connectivity index (χ4v) is 6.07. The Morgan fingerprint density at radius 3 is 2.84 bits per heavy atom. The molecule has 3 aliphatic rings. The van der Waals surface area contributed by atoms with Crippen molar-refractivity contribution in [2.45, 2.75) is 49.2 Å². The molecule has 168 valence electrons. The number of ketones is 1. The number of likely N-dealkylation sites (tertiary alicyclic amines) is 1. The van der Waals surface area contributed by atoms with Crippen LogP contribution in [0.2, 0.25) is 0 Å². The zero-order valence-electron chi connectivity index (χ0n) is 17.3. The first kappa shape index (κ1) is 21.5. The average molecular weight is 475 g/mol. The van der Waals surface area contributed by atoms with Crippen LogP contribution >= 0.6 is 22.9 Å². The fourth-order valence-electron chi connectivity index (χ4n) is 4.90. The van der Waals surface area contributed by atoms with E-state index in [2.05, 4.69) is 15.3 Å². The predicted octanol–water partition coefficient (Wildman–Crippen LogP) is 2.28. The number of aromatic nitrogens is 2. The number of rotatable bonds is 5. The van der Waals surface area contributed by atoms with Gasteiger partial charge in [0.25, 0.3) is 5.91 Å². The Morgan fingerprint density at radius 1 is 1.28 bits per heavy atom. The first-order chi connectivity index (χ1) is 15.5. The fraction of sp³-hybridized carbons (Fsp3) is 0.500. The maximum atomic E-state index is 13.6. The highest BCUT2D eigenvalue weighted by atomic mass is 35.5. The quantitative estimate of drug-likeness (QED) is 0.667. The van der Waals surface area contributed by atoms with Crippen molar-refractivity contribution in [3.05, 3.63) is 35.7 Å². The first-order valence-corrected chi connectivity index (χ1v) is 12.0. The molecule has 32 heavy (non-hydrogen) atoms. The Balaban J connectivity index is 1.36. The molecule has 8 nitrogen and oxygen atoms in total. The summed E-state index contributed by atoms with van der Waals surface area (Å²) in [6, 6.07) is 2.35. The van der Waals surface area contributed by atoms with E-state index in [0.29, 0.717) is 0 Å². The van der Waals surface area contributed by atoms with Crippen LogP contribution in [0.15, 0.2) is 30.7 Å². The third-order valence-corrected chi connectivity index (χ3v) is 7.91. The molecule has 2 aliphatic heterocycles. The molecule has 0 spiro atoms. The molecule has 10 heteroatoms. The summed E-state index contributed by atoms with van der Waals surface area (Å²) in [5.41, 5.74) is 0.878. The summed E-state index contributed by atoms with van der Waals surface area (Å²) in [4.78, 5) is 49.7. The van der Waals surface area contributed by atoms with Crippen LogP contribution in [0.1, 0.15) is 35.5 Å². The highest BCUT2D eigenvalue weighted by Crippen LogP contribution is 2.34. The number of carbonyl (C=O) groups excluding carboxylic acids is 3. The molecule has 0 bridgehead atoms. The lowest BCUT2D eigenvalue weighted by Gasteiger charge is -2.30. The minimum Gasteiger partial charge on any atom is -0.366 e. The van der Waals surface area contributed by atoms with Crippen LogP contribution in [0.3, 0.4) is 0 Å². The Labute approximate surface area is 194 Å². The van der Waals surface area contributed by atoms with Crippen LogP contribution in [0.4, 0.5) is 0 Å². The van der Waals surface area contributed by atoms with Gasteiger partial charge in [-0.25, -0.2) is 4.98 Å². The summed E-state index contributed by atoms with van der Waals surface area (Å²) >= 11 is 7.63. The zero-order valence-corrected chi connectivity index (χ0v) is 18.8. The Kier molecular flexibility index (Phi) is 5.96. The largest absolute Gasteiger partial charge is 0.366 e. The van der Waals surface area contributed by atoms with Gasteiger partial charge in [-0.15, -0.1) is 22.9 Å². The summed E-state index contributed by atoms with van der Waals surface area (Å²) in [6.45, 7) is 0.210. The molecule has 2 aromatic heterocycles.